The molecule has 1 aliphatic rings. The van der Waals surface area contributed by atoms with Crippen LogP contribution in [0.3, 0.4) is 0 Å². The van der Waals surface area contributed by atoms with Gasteiger partial charge in [0, 0.05) is 56.4 Å². The van der Waals surface area contributed by atoms with E-state index in [1.54, 1.807) is 31.3 Å². The van der Waals surface area contributed by atoms with Gasteiger partial charge in [0.2, 0.25) is 23.6 Å². The number of nitrogens with one attached hydrogen (secondary N) is 5. The molecule has 316 valence electrons. The maximum Gasteiger partial charge on any atom is 0.248 e. The lowest BCUT2D eigenvalue weighted by Crippen LogP contribution is -2.55. The van der Waals surface area contributed by atoms with Crippen molar-refractivity contribution in [2.45, 2.75) is 110 Å². The summed E-state index contributed by atoms with van der Waals surface area (Å²) in [4.78, 5) is 56.7. The van der Waals surface area contributed by atoms with Crippen LogP contribution in [0.15, 0.2) is 36.4 Å². The first kappa shape index (κ1) is 46.8. The van der Waals surface area contributed by atoms with Crippen LogP contribution in [0.4, 0.5) is 0 Å². The molecule has 4 bridgehead atoms. The lowest BCUT2D eigenvalue weighted by molar-refractivity contribution is -0.140. The quantitative estimate of drug-likeness (QED) is 0.0640. The molecule has 0 fully saturated rings. The summed E-state index contributed by atoms with van der Waals surface area (Å²) in [6, 6.07) is 7.51. The molecular weight excluding hydrogens is 725 g/mol. The zero-order chi connectivity index (χ0) is 41.7. The molecule has 3 rings (SSSR count). The summed E-state index contributed by atoms with van der Waals surface area (Å²) < 4.78 is 12.2. The Hall–Kier alpha value is -4.53. The first-order valence-electron chi connectivity index (χ1n) is 20.8. The molecule has 0 aliphatic carbocycles. The largest absolute Gasteiger partial charge is 0.492 e. The number of likely N-dealkylation sites (N-methyl/N-ethyl adjacent to an activating group) is 1. The summed E-state index contributed by atoms with van der Waals surface area (Å²) in [5.74, 6) is -0.971. The second-order valence-electron chi connectivity index (χ2n) is 15.1. The summed E-state index contributed by atoms with van der Waals surface area (Å²) in [5.41, 5.74) is 14.4. The SMILES string of the molecule is CCCCCCCCCCNCCC(=O)N(C)C1C(=O)NC(C)C(=O)NC(C(=O)NCC(=N)C(C)C)Cc2ccc(OCCN)c(c2)-c2cc1ccc2OCCN. The van der Waals surface area contributed by atoms with Crippen molar-refractivity contribution in [2.75, 3.05) is 53.0 Å². The molecule has 1 aliphatic heterocycles. The number of hydrogen-bond acceptors (Lipinski definition) is 10. The summed E-state index contributed by atoms with van der Waals surface area (Å²) >= 11 is 0. The number of amides is 4. The highest BCUT2D eigenvalue weighted by Gasteiger charge is 2.33. The van der Waals surface area contributed by atoms with E-state index in [0.717, 1.165) is 19.4 Å². The molecule has 4 amide bonds. The Morgan fingerprint density at radius 2 is 1.49 bits per heavy atom. The second kappa shape index (κ2) is 25.0. The van der Waals surface area contributed by atoms with Crippen LogP contribution < -0.4 is 42.2 Å². The van der Waals surface area contributed by atoms with E-state index in [-0.39, 0.29) is 57.5 Å². The summed E-state index contributed by atoms with van der Waals surface area (Å²) in [6.45, 7) is 9.75. The zero-order valence-corrected chi connectivity index (χ0v) is 34.8. The molecule has 0 saturated heterocycles. The molecule has 0 radical (unpaired) electrons. The molecule has 0 aromatic heterocycles. The number of benzene rings is 2. The maximum absolute atomic E-state index is 14.3. The van der Waals surface area contributed by atoms with Gasteiger partial charge in [-0.2, -0.15) is 0 Å². The number of rotatable bonds is 23. The van der Waals surface area contributed by atoms with Crippen molar-refractivity contribution < 1.29 is 28.7 Å². The van der Waals surface area contributed by atoms with Crippen LogP contribution in [0.5, 0.6) is 11.5 Å². The van der Waals surface area contributed by atoms with E-state index in [1.165, 1.54) is 50.3 Å². The topological polar surface area (TPSA) is 214 Å². The van der Waals surface area contributed by atoms with Crippen LogP contribution in [0.25, 0.3) is 11.1 Å². The minimum atomic E-state index is -1.12. The van der Waals surface area contributed by atoms with Crippen LogP contribution in [0, 0.1) is 11.3 Å². The average molecular weight is 793 g/mol. The number of carbonyl (C=O) groups is 4. The molecule has 9 N–H and O–H groups in total. The van der Waals surface area contributed by atoms with Gasteiger partial charge in [-0.1, -0.05) is 77.8 Å². The van der Waals surface area contributed by atoms with Gasteiger partial charge in [-0.25, -0.2) is 0 Å². The van der Waals surface area contributed by atoms with E-state index in [1.807, 2.05) is 26.0 Å². The monoisotopic (exact) mass is 793 g/mol. The molecule has 57 heavy (non-hydrogen) atoms. The fraction of sp³-hybridized carbons (Fsp3) is 0.605. The third-order valence-electron chi connectivity index (χ3n) is 10.1. The number of hydrogen-bond donors (Lipinski definition) is 7. The number of unbranched alkanes of at least 4 members (excludes halogenated alkanes) is 7. The molecule has 2 aromatic rings. The van der Waals surface area contributed by atoms with Crippen molar-refractivity contribution in [3.8, 4) is 22.6 Å². The van der Waals surface area contributed by atoms with Gasteiger partial charge in [-0.15, -0.1) is 0 Å². The lowest BCUT2D eigenvalue weighted by atomic mass is 9.93. The Morgan fingerprint density at radius 1 is 0.877 bits per heavy atom. The lowest BCUT2D eigenvalue weighted by Gasteiger charge is -2.30. The zero-order valence-electron chi connectivity index (χ0n) is 34.8. The summed E-state index contributed by atoms with van der Waals surface area (Å²) in [5, 5.41) is 20.0. The van der Waals surface area contributed by atoms with Gasteiger partial charge in [0.1, 0.15) is 42.8 Å². The smallest absolute Gasteiger partial charge is 0.248 e. The summed E-state index contributed by atoms with van der Waals surface area (Å²) in [7, 11) is 1.59. The predicted octanol–water partition coefficient (Wildman–Crippen LogP) is 3.99. The fourth-order valence-electron chi connectivity index (χ4n) is 6.62. The van der Waals surface area contributed by atoms with Gasteiger partial charge >= 0.3 is 0 Å². The molecule has 0 spiro atoms. The molecule has 3 unspecified atom stereocenters. The average Bonchev–Trinajstić information content (AvgIpc) is 3.19. The molecule has 14 heteroatoms. The Labute approximate surface area is 339 Å². The number of nitrogens with zero attached hydrogens (tertiary/aromatic N) is 1. The minimum absolute atomic E-state index is 0.0255. The minimum Gasteiger partial charge on any atom is -0.492 e. The van der Waals surface area contributed by atoms with Crippen LogP contribution in [-0.4, -0.2) is 99.3 Å². The Balaban J connectivity index is 1.99. The highest BCUT2D eigenvalue weighted by molar-refractivity contribution is 5.96. The normalized spacial score (nSPS) is 16.9. The van der Waals surface area contributed by atoms with E-state index in [4.69, 9.17) is 26.4 Å². The Bertz CT molecular complexity index is 1620. The molecule has 2 aromatic carbocycles. The highest BCUT2D eigenvalue weighted by Crippen LogP contribution is 2.40. The molecule has 1 heterocycles. The number of fused-ring (bicyclic) bond motifs is 5. The Kier molecular flexibility index (Phi) is 20.5. The molecule has 14 nitrogen and oxygen atoms in total. The number of nitrogens with two attached hydrogens (primary N) is 2. The van der Waals surface area contributed by atoms with Crippen LogP contribution in [0.2, 0.25) is 0 Å². The van der Waals surface area contributed by atoms with Crippen molar-refractivity contribution in [1.29, 1.82) is 5.41 Å². The van der Waals surface area contributed by atoms with Crippen molar-refractivity contribution in [3.05, 3.63) is 47.5 Å². The fourth-order valence-corrected chi connectivity index (χ4v) is 6.62. The number of ether oxygens (including phenoxy) is 2. The van der Waals surface area contributed by atoms with Crippen molar-refractivity contribution in [3.63, 3.8) is 0 Å². The maximum atomic E-state index is 14.3. The van der Waals surface area contributed by atoms with Crippen molar-refractivity contribution in [2.24, 2.45) is 17.4 Å². The molecule has 0 saturated carbocycles. The van der Waals surface area contributed by atoms with Crippen molar-refractivity contribution in [1.82, 2.24) is 26.2 Å². The van der Waals surface area contributed by atoms with Gasteiger partial charge in [-0.05, 0) is 61.2 Å². The van der Waals surface area contributed by atoms with Gasteiger partial charge in [0.15, 0.2) is 0 Å². The molecule has 3 atom stereocenters. The van der Waals surface area contributed by atoms with Gasteiger partial charge in [0.05, 0.1) is 6.54 Å². The van der Waals surface area contributed by atoms with Gasteiger partial charge in [0.25, 0.3) is 0 Å². The third-order valence-corrected chi connectivity index (χ3v) is 10.1. The van der Waals surface area contributed by atoms with E-state index in [9.17, 15) is 19.2 Å². The highest BCUT2D eigenvalue weighted by atomic mass is 16.5. The standard InChI is InChI=1S/C43H68N8O6/c1-6-7-8-9-10-11-12-13-21-47-22-18-39(52)51(5)40-32-15-17-38(57-24-20-45)34(27-32)33-25-31(14-16-37(33)56-23-19-44)26-36(42(54)48-28-35(46)29(2)3)50-41(53)30(4)49-43(40)55/h14-17,25,27,29-30,36,40,46-47H,6-13,18-24,26,28,44-45H2,1-5H3,(H,48,54)(H,49,55)(H,50,53). The van der Waals surface area contributed by atoms with E-state index in [0.29, 0.717) is 46.0 Å². The van der Waals surface area contributed by atoms with Gasteiger partial charge < -0.3 is 52.5 Å². The Morgan fingerprint density at radius 3 is 2.12 bits per heavy atom. The van der Waals surface area contributed by atoms with Crippen LogP contribution in [0.1, 0.15) is 103 Å². The second-order valence-corrected chi connectivity index (χ2v) is 15.1. The van der Waals surface area contributed by atoms with E-state index in [2.05, 4.69) is 28.2 Å². The van der Waals surface area contributed by atoms with E-state index >= 15 is 0 Å². The van der Waals surface area contributed by atoms with Crippen LogP contribution in [-0.2, 0) is 25.6 Å². The first-order valence-corrected chi connectivity index (χ1v) is 20.8. The predicted molar refractivity (Wildman–Crippen MR) is 225 cm³/mol. The van der Waals surface area contributed by atoms with Gasteiger partial charge in [-0.3, -0.25) is 19.2 Å². The first-order chi connectivity index (χ1) is 27.4. The summed E-state index contributed by atoms with van der Waals surface area (Å²) in [6.07, 6.45) is 10.0. The number of carbonyl (C=O) groups excluding carboxylic acids is 4. The third kappa shape index (κ3) is 15.1. The van der Waals surface area contributed by atoms with Crippen molar-refractivity contribution >= 4 is 29.3 Å². The molecular formula is C43H68N8O6. The van der Waals surface area contributed by atoms with Crippen LogP contribution >= 0.6 is 0 Å². The van der Waals surface area contributed by atoms with E-state index < -0.39 is 35.8 Å².